The summed E-state index contributed by atoms with van der Waals surface area (Å²) in [6, 6.07) is 0. The molecular formula is C11H19F4NO2. The first-order valence-electron chi connectivity index (χ1n) is 5.82. The quantitative estimate of drug-likeness (QED) is 0.684. The Labute approximate surface area is 104 Å². The van der Waals surface area contributed by atoms with Gasteiger partial charge in [0.1, 0.15) is 0 Å². The van der Waals surface area contributed by atoms with Crippen LogP contribution in [0.5, 0.6) is 0 Å². The van der Waals surface area contributed by atoms with E-state index in [1.54, 1.807) is 0 Å². The lowest BCUT2D eigenvalue weighted by atomic mass is 10.0. The van der Waals surface area contributed by atoms with Crippen LogP contribution in [0.2, 0.25) is 0 Å². The molecule has 0 spiro atoms. The third-order valence-electron chi connectivity index (χ3n) is 1.96. The first-order valence-corrected chi connectivity index (χ1v) is 5.82. The van der Waals surface area contributed by atoms with E-state index >= 15 is 0 Å². The van der Waals surface area contributed by atoms with Crippen molar-refractivity contribution in [1.29, 1.82) is 0 Å². The highest BCUT2D eigenvalue weighted by Gasteiger charge is 2.51. The van der Waals surface area contributed by atoms with Crippen LogP contribution in [0.1, 0.15) is 34.1 Å². The van der Waals surface area contributed by atoms with E-state index in [-0.39, 0.29) is 0 Å². The summed E-state index contributed by atoms with van der Waals surface area (Å²) in [4.78, 5) is 11.6. The van der Waals surface area contributed by atoms with Crippen molar-refractivity contribution in [2.75, 3.05) is 13.1 Å². The Morgan fingerprint density at radius 2 is 1.50 bits per heavy atom. The van der Waals surface area contributed by atoms with Gasteiger partial charge in [0.15, 0.2) is 0 Å². The molecule has 1 amide bonds. The highest BCUT2D eigenvalue weighted by Crippen LogP contribution is 2.36. The van der Waals surface area contributed by atoms with Gasteiger partial charge < -0.3 is 4.74 Å². The van der Waals surface area contributed by atoms with Crippen molar-refractivity contribution >= 4 is 6.09 Å². The lowest BCUT2D eigenvalue weighted by Gasteiger charge is -2.36. The highest BCUT2D eigenvalue weighted by atomic mass is 19.3. The van der Waals surface area contributed by atoms with E-state index in [0.29, 0.717) is 4.90 Å². The van der Waals surface area contributed by atoms with Crippen molar-refractivity contribution in [2.24, 2.45) is 0 Å². The molecule has 1 aliphatic rings. The third-order valence-corrected chi connectivity index (χ3v) is 1.96. The number of carbonyl (C=O) groups excluding carboxylic acids is 1. The predicted molar refractivity (Wildman–Crippen MR) is 59.0 cm³/mol. The number of carbonyl (C=O) groups is 1. The van der Waals surface area contributed by atoms with Gasteiger partial charge in [0.25, 0.3) is 11.8 Å². The van der Waals surface area contributed by atoms with Crippen LogP contribution >= 0.6 is 0 Å². The summed E-state index contributed by atoms with van der Waals surface area (Å²) in [6.07, 6.45) is -3.18. The van der Waals surface area contributed by atoms with Gasteiger partial charge in [-0.05, 0) is 13.8 Å². The zero-order chi connectivity index (χ0) is 14.6. The van der Waals surface area contributed by atoms with Crippen molar-refractivity contribution < 1.29 is 27.1 Å². The molecule has 7 heteroatoms. The molecule has 1 fully saturated rings. The molecule has 18 heavy (non-hydrogen) atoms. The average molecular weight is 273 g/mol. The maximum absolute atomic E-state index is 12.9. The fraction of sp³-hybridized carbons (Fsp3) is 0.909. The molecule has 1 rings (SSSR count). The highest BCUT2D eigenvalue weighted by molar-refractivity contribution is 5.68. The Bertz CT molecular complexity index is 266. The van der Waals surface area contributed by atoms with Gasteiger partial charge in [-0.1, -0.05) is 13.8 Å². The third kappa shape index (κ3) is 5.55. The van der Waals surface area contributed by atoms with Crippen LogP contribution in [-0.4, -0.2) is 42.0 Å². The number of rotatable bonds is 1. The minimum absolute atomic E-state index is 0.351. The molecule has 0 unspecified atom stereocenters. The number of alkyl halides is 4. The standard InChI is InChI=1S/C9H13F4NO2.C2H6/c1-6(2)16-7(15)14-4-8(10,11)3-9(12,13)5-14;1-2/h6H,3-5H2,1-2H3;1-2H3. The summed E-state index contributed by atoms with van der Waals surface area (Å²) in [5.74, 6) is -7.14. The van der Waals surface area contributed by atoms with Crippen molar-refractivity contribution in [3.05, 3.63) is 0 Å². The molecule has 0 saturated carbocycles. The monoisotopic (exact) mass is 273 g/mol. The molecule has 0 aromatic carbocycles. The van der Waals surface area contributed by atoms with E-state index < -0.39 is 43.6 Å². The molecule has 0 aliphatic carbocycles. The van der Waals surface area contributed by atoms with Gasteiger partial charge >= 0.3 is 6.09 Å². The van der Waals surface area contributed by atoms with Crippen molar-refractivity contribution in [3.63, 3.8) is 0 Å². The second-order valence-corrected chi connectivity index (χ2v) is 4.18. The molecular weight excluding hydrogens is 254 g/mol. The van der Waals surface area contributed by atoms with Crippen LogP contribution in [-0.2, 0) is 4.74 Å². The lowest BCUT2D eigenvalue weighted by molar-refractivity contribution is -0.165. The minimum Gasteiger partial charge on any atom is -0.447 e. The Morgan fingerprint density at radius 3 is 1.83 bits per heavy atom. The number of ether oxygens (including phenoxy) is 1. The Hall–Kier alpha value is -1.01. The summed E-state index contributed by atoms with van der Waals surface area (Å²) in [7, 11) is 0. The number of hydrogen-bond donors (Lipinski definition) is 0. The van der Waals surface area contributed by atoms with Gasteiger partial charge in [-0.15, -0.1) is 0 Å². The molecule has 0 aromatic rings. The molecule has 0 N–H and O–H groups in total. The summed E-state index contributed by atoms with van der Waals surface area (Å²) < 4.78 is 56.3. The van der Waals surface area contributed by atoms with Gasteiger partial charge in [0.2, 0.25) is 0 Å². The maximum atomic E-state index is 12.9. The van der Waals surface area contributed by atoms with Gasteiger partial charge in [0.05, 0.1) is 25.6 Å². The second kappa shape index (κ2) is 6.24. The van der Waals surface area contributed by atoms with Gasteiger partial charge in [0, 0.05) is 0 Å². The molecule has 1 heterocycles. The average Bonchev–Trinajstić information content (AvgIpc) is 2.14. The molecule has 108 valence electrons. The first kappa shape index (κ1) is 17.0. The molecule has 3 nitrogen and oxygen atoms in total. The summed E-state index contributed by atoms with van der Waals surface area (Å²) >= 11 is 0. The van der Waals surface area contributed by atoms with Crippen molar-refractivity contribution in [1.82, 2.24) is 4.90 Å². The number of nitrogens with zero attached hydrogens (tertiary/aromatic N) is 1. The van der Waals surface area contributed by atoms with Crippen LogP contribution in [0.4, 0.5) is 22.4 Å². The molecule has 0 bridgehead atoms. The zero-order valence-electron chi connectivity index (χ0n) is 11.0. The van der Waals surface area contributed by atoms with E-state index in [2.05, 4.69) is 4.74 Å². The zero-order valence-corrected chi connectivity index (χ0v) is 11.0. The largest absolute Gasteiger partial charge is 0.447 e. The molecule has 0 atom stereocenters. The van der Waals surface area contributed by atoms with E-state index in [1.165, 1.54) is 13.8 Å². The SMILES string of the molecule is CC.CC(C)OC(=O)N1CC(F)(F)CC(F)(F)C1. The second-order valence-electron chi connectivity index (χ2n) is 4.18. The maximum Gasteiger partial charge on any atom is 0.410 e. The number of piperidine rings is 1. The van der Waals surface area contributed by atoms with Crippen molar-refractivity contribution in [3.8, 4) is 0 Å². The Balaban J connectivity index is 0.00000137. The van der Waals surface area contributed by atoms with Gasteiger partial charge in [-0.25, -0.2) is 22.4 Å². The molecule has 1 saturated heterocycles. The molecule has 0 aromatic heterocycles. The van der Waals surface area contributed by atoms with E-state index in [4.69, 9.17) is 0 Å². The Morgan fingerprint density at radius 1 is 1.11 bits per heavy atom. The summed E-state index contributed by atoms with van der Waals surface area (Å²) in [6.45, 7) is 4.98. The Kier molecular flexibility index (Phi) is 5.89. The predicted octanol–water partition coefficient (Wildman–Crippen LogP) is 3.53. The first-order chi connectivity index (χ1) is 8.11. The van der Waals surface area contributed by atoms with E-state index in [1.807, 2.05) is 13.8 Å². The van der Waals surface area contributed by atoms with Gasteiger partial charge in [-0.3, -0.25) is 4.90 Å². The van der Waals surface area contributed by atoms with Crippen LogP contribution in [0, 0.1) is 0 Å². The topological polar surface area (TPSA) is 29.5 Å². The fourth-order valence-corrected chi connectivity index (χ4v) is 1.51. The van der Waals surface area contributed by atoms with E-state index in [9.17, 15) is 22.4 Å². The summed E-state index contributed by atoms with van der Waals surface area (Å²) in [5, 5.41) is 0. The number of amides is 1. The minimum atomic E-state index is -3.57. The fourth-order valence-electron chi connectivity index (χ4n) is 1.51. The smallest absolute Gasteiger partial charge is 0.410 e. The molecule has 0 radical (unpaired) electrons. The van der Waals surface area contributed by atoms with Crippen LogP contribution < -0.4 is 0 Å². The summed E-state index contributed by atoms with van der Waals surface area (Å²) in [5.41, 5.74) is 0. The van der Waals surface area contributed by atoms with Crippen LogP contribution in [0.15, 0.2) is 0 Å². The molecule has 1 aliphatic heterocycles. The van der Waals surface area contributed by atoms with Crippen molar-refractivity contribution in [2.45, 2.75) is 52.1 Å². The normalized spacial score (nSPS) is 21.1. The number of hydrogen-bond acceptors (Lipinski definition) is 2. The number of likely N-dealkylation sites (tertiary alicyclic amines) is 1. The number of halogens is 4. The van der Waals surface area contributed by atoms with Gasteiger partial charge in [-0.2, -0.15) is 0 Å². The van der Waals surface area contributed by atoms with Crippen LogP contribution in [0.25, 0.3) is 0 Å². The lowest BCUT2D eigenvalue weighted by Crippen LogP contribution is -2.54. The van der Waals surface area contributed by atoms with Crippen LogP contribution in [0.3, 0.4) is 0 Å². The van der Waals surface area contributed by atoms with E-state index in [0.717, 1.165) is 0 Å².